The standard InChI is InChI=1S/C61H116N8O6/c1-7-13-17-19-21-23-25-27-29-34-42-65(49-60(74)67(48-56(63)70)45-53(11-5)36-15-9-3)59(73)52-69(46-54(12-6)37-16-10-4)61(75)50-66(43-35-30-28-26-24-22-20-18-14-8-2)58(72)51-68(57(71)44-64-41-40-62)47-55-38-32-31-33-39-55/h47,53-54,64H,7-46,48-52,62H2,1-6H3,(H2,63,70). The topological polar surface area (TPSA) is 183 Å². The number of unbranched alkanes of at least 4 members (excludes halogenated alkanes) is 20. The van der Waals surface area contributed by atoms with Crippen LogP contribution in [0.4, 0.5) is 0 Å². The van der Waals surface area contributed by atoms with E-state index in [0.29, 0.717) is 39.3 Å². The minimum atomic E-state index is -0.589. The van der Waals surface area contributed by atoms with E-state index in [2.05, 4.69) is 46.9 Å². The van der Waals surface area contributed by atoms with Crippen LogP contribution in [0.15, 0.2) is 11.8 Å². The first kappa shape index (κ1) is 69.5. The van der Waals surface area contributed by atoms with Crippen molar-refractivity contribution < 1.29 is 28.8 Å². The molecule has 0 aliphatic heterocycles. The third kappa shape index (κ3) is 34.8. The Kier molecular flexibility index (Phi) is 43.1. The molecule has 1 saturated carbocycles. The second kappa shape index (κ2) is 46.6. The number of hydrogen-bond acceptors (Lipinski definition) is 8. The highest BCUT2D eigenvalue weighted by Crippen LogP contribution is 2.24. The lowest BCUT2D eigenvalue weighted by Crippen LogP contribution is -2.52. The van der Waals surface area contributed by atoms with Crippen molar-refractivity contribution in [2.45, 2.75) is 253 Å². The molecule has 0 aromatic heterocycles. The van der Waals surface area contributed by atoms with Gasteiger partial charge in [-0.3, -0.25) is 28.8 Å². The normalized spacial score (nSPS) is 13.3. The largest absolute Gasteiger partial charge is 0.368 e. The number of nitrogens with zero attached hydrogens (tertiary/aromatic N) is 5. The van der Waals surface area contributed by atoms with Gasteiger partial charge >= 0.3 is 0 Å². The minimum Gasteiger partial charge on any atom is -0.368 e. The molecule has 6 amide bonds. The maximum Gasteiger partial charge on any atom is 0.243 e. The number of nitrogens with one attached hydrogen (secondary N) is 1. The number of allylic oxidation sites excluding steroid dienone is 1. The van der Waals surface area contributed by atoms with E-state index in [-0.39, 0.29) is 80.6 Å². The molecular weight excluding hydrogens is 941 g/mol. The lowest BCUT2D eigenvalue weighted by Gasteiger charge is -2.33. The van der Waals surface area contributed by atoms with Crippen LogP contribution < -0.4 is 16.8 Å². The first-order valence-electron chi connectivity index (χ1n) is 31.2. The predicted octanol–water partition coefficient (Wildman–Crippen LogP) is 11.3. The van der Waals surface area contributed by atoms with E-state index >= 15 is 0 Å². The van der Waals surface area contributed by atoms with Crippen LogP contribution >= 0.6 is 0 Å². The summed E-state index contributed by atoms with van der Waals surface area (Å²) in [5.74, 6) is -1.70. The molecule has 1 rings (SSSR count). The Morgan fingerprint density at radius 3 is 1.24 bits per heavy atom. The Morgan fingerprint density at radius 2 is 0.840 bits per heavy atom. The van der Waals surface area contributed by atoms with Gasteiger partial charge in [0.25, 0.3) is 0 Å². The highest BCUT2D eigenvalue weighted by Gasteiger charge is 2.30. The van der Waals surface area contributed by atoms with Crippen LogP contribution in [0.3, 0.4) is 0 Å². The third-order valence-corrected chi connectivity index (χ3v) is 15.4. The minimum absolute atomic E-state index is 0.0498. The zero-order valence-corrected chi connectivity index (χ0v) is 49.4. The Bertz CT molecular complexity index is 1540. The summed E-state index contributed by atoms with van der Waals surface area (Å²) in [5, 5.41) is 3.10. The molecule has 1 aliphatic rings. The number of carbonyl (C=O) groups excluding carboxylic acids is 6. The lowest BCUT2D eigenvalue weighted by atomic mass is 9.95. The summed E-state index contributed by atoms with van der Waals surface area (Å²) in [7, 11) is 0. The lowest BCUT2D eigenvalue weighted by molar-refractivity contribution is -0.147. The van der Waals surface area contributed by atoms with Crippen molar-refractivity contribution in [3.05, 3.63) is 11.8 Å². The maximum atomic E-state index is 15.0. The van der Waals surface area contributed by atoms with Crippen molar-refractivity contribution in [1.29, 1.82) is 0 Å². The van der Waals surface area contributed by atoms with Crippen LogP contribution in [-0.2, 0) is 28.8 Å². The monoisotopic (exact) mass is 1060 g/mol. The molecule has 2 unspecified atom stereocenters. The van der Waals surface area contributed by atoms with E-state index in [1.807, 2.05) is 6.20 Å². The van der Waals surface area contributed by atoms with Gasteiger partial charge in [-0.1, -0.05) is 208 Å². The number of amides is 6. The fourth-order valence-electron chi connectivity index (χ4n) is 10.3. The number of nitrogens with two attached hydrogens (primary N) is 2. The first-order chi connectivity index (χ1) is 36.4. The summed E-state index contributed by atoms with van der Waals surface area (Å²) in [6.45, 7) is 14.3. The predicted molar refractivity (Wildman–Crippen MR) is 311 cm³/mol. The van der Waals surface area contributed by atoms with Gasteiger partial charge in [-0.15, -0.1) is 0 Å². The van der Waals surface area contributed by atoms with E-state index in [9.17, 15) is 28.8 Å². The molecule has 5 N–H and O–H groups in total. The molecule has 0 radical (unpaired) electrons. The molecule has 1 aliphatic carbocycles. The summed E-state index contributed by atoms with van der Waals surface area (Å²) in [4.78, 5) is 92.9. The summed E-state index contributed by atoms with van der Waals surface area (Å²) in [5.41, 5.74) is 12.6. The molecule has 1 fully saturated rings. The van der Waals surface area contributed by atoms with E-state index in [1.165, 1.54) is 86.8 Å². The van der Waals surface area contributed by atoms with Gasteiger partial charge in [-0.2, -0.15) is 0 Å². The van der Waals surface area contributed by atoms with Gasteiger partial charge in [0.1, 0.15) is 6.54 Å². The molecule has 436 valence electrons. The molecular formula is C61H116N8O6. The summed E-state index contributed by atoms with van der Waals surface area (Å²) >= 11 is 0. The SMILES string of the molecule is CCCCCCCCCCCCN(CC(=O)N(CC(=O)N(CCCCCCCCCCCC)CC(=O)N(CC(N)=O)CC(CC)CCCC)CC(CC)CCCC)C(=O)CN(C=C1CCCCC1)C(=O)CNCCN. The van der Waals surface area contributed by atoms with Crippen molar-refractivity contribution in [3.63, 3.8) is 0 Å². The zero-order valence-electron chi connectivity index (χ0n) is 49.4. The first-order valence-corrected chi connectivity index (χ1v) is 31.2. The molecule has 75 heavy (non-hydrogen) atoms. The van der Waals surface area contributed by atoms with Gasteiger partial charge < -0.3 is 41.3 Å². The van der Waals surface area contributed by atoms with Gasteiger partial charge in [0.2, 0.25) is 35.4 Å². The van der Waals surface area contributed by atoms with Gasteiger partial charge in [0, 0.05) is 45.5 Å². The molecule has 14 nitrogen and oxygen atoms in total. The van der Waals surface area contributed by atoms with E-state index in [4.69, 9.17) is 11.5 Å². The van der Waals surface area contributed by atoms with Gasteiger partial charge in [0.05, 0.1) is 32.7 Å². The highest BCUT2D eigenvalue weighted by atomic mass is 16.2. The van der Waals surface area contributed by atoms with E-state index < -0.39 is 5.91 Å². The fraction of sp³-hybridized carbons (Fsp3) is 0.869. The molecule has 2 atom stereocenters. The molecule has 0 aromatic carbocycles. The number of primary amides is 1. The summed E-state index contributed by atoms with van der Waals surface area (Å²) in [6.07, 6.45) is 37.0. The van der Waals surface area contributed by atoms with Crippen LogP contribution in [0.5, 0.6) is 0 Å². The van der Waals surface area contributed by atoms with Crippen molar-refractivity contribution in [3.8, 4) is 0 Å². The second-order valence-electron chi connectivity index (χ2n) is 22.2. The maximum absolute atomic E-state index is 15.0. The van der Waals surface area contributed by atoms with Crippen LogP contribution in [0.25, 0.3) is 0 Å². The molecule has 0 aromatic rings. The quantitative estimate of drug-likeness (QED) is 0.0503. The average Bonchev–Trinajstić information content (AvgIpc) is 3.40. The highest BCUT2D eigenvalue weighted by molar-refractivity contribution is 5.92. The Balaban J connectivity index is 3.60. The van der Waals surface area contributed by atoms with Crippen LogP contribution in [-0.4, -0.2) is 138 Å². The Hall–Kier alpha value is -3.52. The van der Waals surface area contributed by atoms with Crippen molar-refractivity contribution in [1.82, 2.24) is 29.8 Å². The molecule has 14 heteroatoms. The van der Waals surface area contributed by atoms with Crippen molar-refractivity contribution >= 4 is 35.4 Å². The van der Waals surface area contributed by atoms with Gasteiger partial charge in [0.15, 0.2) is 0 Å². The second-order valence-corrected chi connectivity index (χ2v) is 22.2. The van der Waals surface area contributed by atoms with Crippen LogP contribution in [0, 0.1) is 11.8 Å². The van der Waals surface area contributed by atoms with Crippen molar-refractivity contribution in [2.75, 3.05) is 78.5 Å². The molecule has 0 saturated heterocycles. The Labute approximate surface area is 459 Å². The summed E-state index contributed by atoms with van der Waals surface area (Å²) in [6, 6.07) is 0. The number of carbonyl (C=O) groups is 6. The smallest absolute Gasteiger partial charge is 0.243 e. The third-order valence-electron chi connectivity index (χ3n) is 15.4. The van der Waals surface area contributed by atoms with E-state index in [0.717, 1.165) is 140 Å². The van der Waals surface area contributed by atoms with Crippen molar-refractivity contribution in [2.24, 2.45) is 23.3 Å². The van der Waals surface area contributed by atoms with Gasteiger partial charge in [-0.05, 0) is 63.2 Å². The van der Waals surface area contributed by atoms with Gasteiger partial charge in [-0.25, -0.2) is 0 Å². The average molecular weight is 1060 g/mol. The molecule has 0 heterocycles. The van der Waals surface area contributed by atoms with Crippen LogP contribution in [0.2, 0.25) is 0 Å². The Morgan fingerprint density at radius 1 is 0.467 bits per heavy atom. The zero-order chi connectivity index (χ0) is 55.3. The summed E-state index contributed by atoms with van der Waals surface area (Å²) < 4.78 is 0. The molecule has 0 spiro atoms. The van der Waals surface area contributed by atoms with Crippen LogP contribution in [0.1, 0.15) is 253 Å². The number of hydrogen-bond donors (Lipinski definition) is 3. The van der Waals surface area contributed by atoms with E-state index in [1.54, 1.807) is 14.7 Å². The fourth-order valence-corrected chi connectivity index (χ4v) is 10.3. The molecule has 0 bridgehead atoms. The number of rotatable bonds is 49.